The minimum absolute atomic E-state index is 0.0476. The average Bonchev–Trinajstić information content (AvgIpc) is 2.69. The first-order valence-corrected chi connectivity index (χ1v) is 9.92. The zero-order valence-electron chi connectivity index (χ0n) is 15.7. The van der Waals surface area contributed by atoms with Crippen LogP contribution in [0.3, 0.4) is 0 Å². The van der Waals surface area contributed by atoms with Gasteiger partial charge in [-0.05, 0) is 50.3 Å². The van der Waals surface area contributed by atoms with Gasteiger partial charge in [0.05, 0.1) is 11.7 Å². The van der Waals surface area contributed by atoms with E-state index < -0.39 is 0 Å². The Morgan fingerprint density at radius 2 is 2.00 bits per heavy atom. The van der Waals surface area contributed by atoms with Crippen LogP contribution in [0, 0.1) is 5.41 Å². The smallest absolute Gasteiger partial charge is 0.247 e. The lowest BCUT2D eigenvalue weighted by Gasteiger charge is -2.55. The number of nitrogens with zero attached hydrogens (tertiary/aromatic N) is 2. The van der Waals surface area contributed by atoms with E-state index in [9.17, 15) is 9.59 Å². The van der Waals surface area contributed by atoms with Gasteiger partial charge in [0, 0.05) is 31.6 Å². The number of para-hydroxylation sites is 1. The molecule has 0 saturated carbocycles. The Labute approximate surface area is 155 Å². The fourth-order valence-electron chi connectivity index (χ4n) is 5.29. The van der Waals surface area contributed by atoms with Gasteiger partial charge < -0.3 is 4.74 Å². The molecule has 3 aliphatic heterocycles. The minimum Gasteiger partial charge on any atom is -0.358 e. The van der Waals surface area contributed by atoms with Gasteiger partial charge in [-0.1, -0.05) is 19.1 Å². The Morgan fingerprint density at radius 1 is 1.19 bits per heavy atom. The monoisotopic (exact) mass is 356 g/mol. The molecule has 1 aromatic carbocycles. The first kappa shape index (κ1) is 17.7. The number of anilines is 1. The molecule has 3 heterocycles. The zero-order valence-corrected chi connectivity index (χ0v) is 15.7. The number of carbonyl (C=O) groups excluding carboxylic acids is 2. The third-order valence-corrected chi connectivity index (χ3v) is 6.56. The number of benzene rings is 1. The zero-order chi connectivity index (χ0) is 18.3. The van der Waals surface area contributed by atoms with E-state index in [4.69, 9.17) is 4.74 Å². The molecule has 5 nitrogen and oxygen atoms in total. The molecule has 0 unspecified atom stereocenters. The Kier molecular flexibility index (Phi) is 4.61. The van der Waals surface area contributed by atoms with Gasteiger partial charge in [-0.25, -0.2) is 0 Å². The third kappa shape index (κ3) is 2.60. The number of ether oxygens (including phenoxy) is 1. The number of fused-ring (bicyclic) bond motifs is 3. The molecule has 3 atom stereocenters. The van der Waals surface area contributed by atoms with Gasteiger partial charge in [0.1, 0.15) is 6.23 Å². The van der Waals surface area contributed by atoms with Crippen molar-refractivity contribution < 1.29 is 14.3 Å². The highest BCUT2D eigenvalue weighted by molar-refractivity contribution is 6.08. The molecule has 140 valence electrons. The molecule has 5 heteroatoms. The molecule has 4 rings (SSSR count). The largest absolute Gasteiger partial charge is 0.358 e. The number of hydrogen-bond donors (Lipinski definition) is 0. The van der Waals surface area contributed by atoms with Crippen LogP contribution in [0.1, 0.15) is 56.3 Å². The summed E-state index contributed by atoms with van der Waals surface area (Å²) in [5.74, 6) is 0.224. The van der Waals surface area contributed by atoms with Gasteiger partial charge >= 0.3 is 0 Å². The maximum absolute atomic E-state index is 13.8. The third-order valence-electron chi connectivity index (χ3n) is 6.56. The van der Waals surface area contributed by atoms with E-state index in [1.165, 1.54) is 0 Å². The lowest BCUT2D eigenvalue weighted by molar-refractivity contribution is -0.146. The van der Waals surface area contributed by atoms with Crippen molar-refractivity contribution in [2.75, 3.05) is 24.6 Å². The van der Waals surface area contributed by atoms with Gasteiger partial charge in [-0.15, -0.1) is 0 Å². The van der Waals surface area contributed by atoms with Crippen LogP contribution >= 0.6 is 0 Å². The summed E-state index contributed by atoms with van der Waals surface area (Å²) < 4.78 is 6.06. The summed E-state index contributed by atoms with van der Waals surface area (Å²) in [7, 11) is 0. The molecule has 26 heavy (non-hydrogen) atoms. The number of ketones is 1. The summed E-state index contributed by atoms with van der Waals surface area (Å²) in [6.45, 7) is 6.28. The van der Waals surface area contributed by atoms with Crippen molar-refractivity contribution in [1.82, 2.24) is 4.90 Å². The summed E-state index contributed by atoms with van der Waals surface area (Å²) in [6, 6.07) is 7.38. The average molecular weight is 356 g/mol. The van der Waals surface area contributed by atoms with Crippen LogP contribution in [0.2, 0.25) is 0 Å². The SMILES string of the molecule is CCO[C@@H]1C[C@]2(CC)CCCN3CCC(=O)c4ccccc4N1C(=O)[C@@H]32. The highest BCUT2D eigenvalue weighted by Crippen LogP contribution is 2.49. The van der Waals surface area contributed by atoms with Crippen molar-refractivity contribution >= 4 is 17.4 Å². The maximum Gasteiger partial charge on any atom is 0.247 e. The molecule has 1 aromatic rings. The molecule has 0 radical (unpaired) electrons. The Morgan fingerprint density at radius 3 is 2.77 bits per heavy atom. The number of carbonyl (C=O) groups is 2. The van der Waals surface area contributed by atoms with E-state index in [0.29, 0.717) is 25.1 Å². The van der Waals surface area contributed by atoms with Crippen LogP contribution in [0.4, 0.5) is 5.69 Å². The topological polar surface area (TPSA) is 49.9 Å². The molecule has 0 N–H and O–H groups in total. The van der Waals surface area contributed by atoms with E-state index in [1.807, 2.05) is 31.2 Å². The predicted molar refractivity (Wildman–Crippen MR) is 100 cm³/mol. The Balaban J connectivity index is 1.89. The standard InChI is InChI=1S/C21H28N2O3/c1-3-21-11-7-12-22-13-10-17(24)15-8-5-6-9-16(15)23(20(25)19(21)22)18(14-21)26-4-2/h5-6,8-9,18-19H,3-4,7,10-14H2,1-2H3/t18-,19-,21+/m1/s1. The fraction of sp³-hybridized carbons (Fsp3) is 0.619. The van der Waals surface area contributed by atoms with Gasteiger partial charge in [0.25, 0.3) is 0 Å². The van der Waals surface area contributed by atoms with Gasteiger partial charge in [-0.2, -0.15) is 0 Å². The second-order valence-corrected chi connectivity index (χ2v) is 7.77. The molecule has 1 amide bonds. The minimum atomic E-state index is -0.296. The van der Waals surface area contributed by atoms with E-state index in [1.54, 1.807) is 4.90 Å². The first-order valence-electron chi connectivity index (χ1n) is 9.92. The molecule has 0 aliphatic carbocycles. The summed E-state index contributed by atoms with van der Waals surface area (Å²) >= 11 is 0. The Hall–Kier alpha value is -1.72. The fourth-order valence-corrected chi connectivity index (χ4v) is 5.29. The van der Waals surface area contributed by atoms with Crippen LogP contribution in [0.15, 0.2) is 24.3 Å². The Bertz CT molecular complexity index is 719. The molecular weight excluding hydrogens is 328 g/mol. The van der Waals surface area contributed by atoms with Gasteiger partial charge in [-0.3, -0.25) is 19.4 Å². The lowest BCUT2D eigenvalue weighted by Crippen LogP contribution is -2.67. The van der Waals surface area contributed by atoms with Crippen molar-refractivity contribution in [1.29, 1.82) is 0 Å². The van der Waals surface area contributed by atoms with E-state index >= 15 is 0 Å². The second-order valence-electron chi connectivity index (χ2n) is 7.77. The molecule has 0 aromatic heterocycles. The van der Waals surface area contributed by atoms with Crippen LogP contribution in [0.5, 0.6) is 0 Å². The molecule has 0 spiro atoms. The van der Waals surface area contributed by atoms with Gasteiger partial charge in [0.15, 0.2) is 5.78 Å². The van der Waals surface area contributed by atoms with Crippen LogP contribution in [-0.2, 0) is 9.53 Å². The van der Waals surface area contributed by atoms with Crippen molar-refractivity contribution in [3.63, 3.8) is 0 Å². The molecule has 2 bridgehead atoms. The number of hydrogen-bond acceptors (Lipinski definition) is 4. The van der Waals surface area contributed by atoms with Crippen molar-refractivity contribution in [2.24, 2.45) is 5.41 Å². The van der Waals surface area contributed by atoms with Crippen molar-refractivity contribution in [3.05, 3.63) is 29.8 Å². The summed E-state index contributed by atoms with van der Waals surface area (Å²) in [6.07, 6.45) is 4.12. The highest BCUT2D eigenvalue weighted by atomic mass is 16.5. The van der Waals surface area contributed by atoms with Crippen LogP contribution in [0.25, 0.3) is 0 Å². The molecule has 2 fully saturated rings. The summed E-state index contributed by atoms with van der Waals surface area (Å²) in [4.78, 5) is 30.7. The number of amides is 1. The van der Waals surface area contributed by atoms with Crippen molar-refractivity contribution in [3.8, 4) is 0 Å². The quantitative estimate of drug-likeness (QED) is 0.834. The van der Waals surface area contributed by atoms with E-state index in [0.717, 1.165) is 37.9 Å². The lowest BCUT2D eigenvalue weighted by atomic mass is 9.65. The van der Waals surface area contributed by atoms with Gasteiger partial charge in [0.2, 0.25) is 5.91 Å². The van der Waals surface area contributed by atoms with Crippen LogP contribution < -0.4 is 4.90 Å². The van der Waals surface area contributed by atoms with E-state index in [2.05, 4.69) is 11.8 Å². The number of rotatable bonds is 3. The molecule has 2 saturated heterocycles. The number of Topliss-reactive ketones (excluding diaryl/α,β-unsaturated/α-hetero) is 1. The molecule has 3 aliphatic rings. The summed E-state index contributed by atoms with van der Waals surface area (Å²) in [5.41, 5.74) is 1.32. The predicted octanol–water partition coefficient (Wildman–Crippen LogP) is 3.23. The maximum atomic E-state index is 13.8. The van der Waals surface area contributed by atoms with Crippen molar-refractivity contribution in [2.45, 2.75) is 58.2 Å². The second kappa shape index (κ2) is 6.78. The number of piperidine rings is 2. The van der Waals surface area contributed by atoms with E-state index in [-0.39, 0.29) is 29.4 Å². The normalized spacial score (nSPS) is 31.8. The van der Waals surface area contributed by atoms with Crippen LogP contribution in [-0.4, -0.2) is 48.6 Å². The summed E-state index contributed by atoms with van der Waals surface area (Å²) in [5, 5.41) is 0. The molecular formula is C21H28N2O3. The highest BCUT2D eigenvalue weighted by Gasteiger charge is 2.55. The first-order chi connectivity index (χ1) is 12.6.